The summed E-state index contributed by atoms with van der Waals surface area (Å²) in [4.78, 5) is 12.9. The minimum atomic E-state index is -0.668. The molecule has 1 atom stereocenters. The van der Waals surface area contributed by atoms with Crippen LogP contribution in [0.3, 0.4) is 0 Å². The van der Waals surface area contributed by atoms with Crippen molar-refractivity contribution in [3.63, 3.8) is 0 Å². The Morgan fingerprint density at radius 1 is 1.03 bits per heavy atom. The van der Waals surface area contributed by atoms with Crippen molar-refractivity contribution < 1.29 is 14.3 Å². The number of carbonyl (C=O) groups is 1. The normalized spacial score (nSPS) is 11.8. The Bertz CT molecular complexity index is 1060. The van der Waals surface area contributed by atoms with Crippen molar-refractivity contribution >= 4 is 51.2 Å². The zero-order valence-corrected chi connectivity index (χ0v) is 22.0. The molecule has 0 aliphatic heterocycles. The molecule has 3 rings (SSSR count). The van der Waals surface area contributed by atoms with Gasteiger partial charge in [0.15, 0.2) is 0 Å². The van der Waals surface area contributed by atoms with Gasteiger partial charge in [-0.15, -0.1) is 0 Å². The number of ether oxygens (including phenoxy) is 2. The third kappa shape index (κ3) is 5.94. The van der Waals surface area contributed by atoms with Crippen molar-refractivity contribution in [2.45, 2.75) is 35.5 Å². The summed E-state index contributed by atoms with van der Waals surface area (Å²) in [5.74, 6) is 0.470. The van der Waals surface area contributed by atoms with E-state index in [0.717, 1.165) is 37.0 Å². The first-order chi connectivity index (χ1) is 15.0. The second kappa shape index (κ2) is 11.2. The van der Waals surface area contributed by atoms with E-state index in [1.54, 1.807) is 6.92 Å². The van der Waals surface area contributed by atoms with Gasteiger partial charge < -0.3 is 9.47 Å². The number of halogens is 2. The van der Waals surface area contributed by atoms with Gasteiger partial charge in [-0.3, -0.25) is 4.79 Å². The summed E-state index contributed by atoms with van der Waals surface area (Å²) >= 11 is 4.57. The van der Waals surface area contributed by atoms with Crippen LogP contribution in [0.4, 0.5) is 0 Å². The van der Waals surface area contributed by atoms with Crippen molar-refractivity contribution in [3.8, 4) is 11.5 Å². The minimum absolute atomic E-state index is 0.298. The summed E-state index contributed by atoms with van der Waals surface area (Å²) in [5.41, 5.74) is 5.46. The van der Waals surface area contributed by atoms with E-state index in [2.05, 4.69) is 61.4 Å². The van der Waals surface area contributed by atoms with Crippen LogP contribution in [0.25, 0.3) is 0 Å². The van der Waals surface area contributed by atoms with Crippen LogP contribution < -0.4 is 4.74 Å². The number of aromatic nitrogens is 2. The second-order valence-electron chi connectivity index (χ2n) is 7.11. The van der Waals surface area contributed by atoms with E-state index in [1.807, 2.05) is 56.3 Å². The molecule has 162 valence electrons. The quantitative estimate of drug-likeness (QED) is 0.161. The molecule has 0 aliphatic rings. The van der Waals surface area contributed by atoms with Crippen molar-refractivity contribution in [3.05, 3.63) is 82.2 Å². The predicted octanol–water partition coefficient (Wildman–Crippen LogP) is 6.45. The number of nitrogens with zero attached hydrogens (tertiary/aromatic N) is 2. The van der Waals surface area contributed by atoms with Crippen LogP contribution in [-0.4, -0.2) is 22.8 Å². The van der Waals surface area contributed by atoms with Crippen molar-refractivity contribution in [1.82, 2.24) is 10.2 Å². The van der Waals surface area contributed by atoms with Gasteiger partial charge in [0.2, 0.25) is 0 Å². The Kier molecular flexibility index (Phi) is 8.65. The summed E-state index contributed by atoms with van der Waals surface area (Å²) in [5, 5.41) is 8.56. The van der Waals surface area contributed by atoms with Gasteiger partial charge in [0.1, 0.15) is 17.4 Å². The number of esters is 1. The fourth-order valence-corrected chi connectivity index (χ4v) is 4.08. The van der Waals surface area contributed by atoms with E-state index in [0.29, 0.717) is 18.1 Å². The molecule has 5 nitrogen and oxygen atoms in total. The Labute approximate surface area is 210 Å². The van der Waals surface area contributed by atoms with Crippen LogP contribution in [-0.2, 0) is 18.4 Å². The van der Waals surface area contributed by atoms with Crippen LogP contribution in [0.2, 0.25) is 0 Å². The smallest absolute Gasteiger partial charge is 0.319 e. The molecule has 1 aromatic heterocycles. The molecule has 0 fully saturated rings. The van der Waals surface area contributed by atoms with Gasteiger partial charge in [0.25, 0.3) is 0 Å². The highest BCUT2D eigenvalue weighted by atomic mass is 127. The third-order valence-electron chi connectivity index (χ3n) is 4.95. The first kappa shape index (κ1) is 23.9. The fourth-order valence-electron chi connectivity index (χ4n) is 3.19. The molecule has 0 saturated carbocycles. The maximum absolute atomic E-state index is 12.9. The van der Waals surface area contributed by atoms with E-state index >= 15 is 0 Å². The zero-order valence-electron chi connectivity index (χ0n) is 17.7. The Morgan fingerprint density at radius 2 is 1.84 bits per heavy atom. The molecule has 0 aliphatic carbocycles. The zero-order chi connectivity index (χ0) is 22.4. The largest absolute Gasteiger partial charge is 0.465 e. The average molecular weight is 642 g/mol. The van der Waals surface area contributed by atoms with Crippen molar-refractivity contribution in [1.29, 1.82) is 0 Å². The molecule has 3 aromatic rings. The van der Waals surface area contributed by atoms with Gasteiger partial charge in [-0.25, -0.2) is 0 Å². The Balaban J connectivity index is 2.05. The van der Waals surface area contributed by atoms with Gasteiger partial charge in [0.05, 0.1) is 18.0 Å². The molecule has 0 radical (unpaired) electrons. The molecule has 0 N–H and O–H groups in total. The lowest BCUT2D eigenvalue weighted by atomic mass is 9.92. The van der Waals surface area contributed by atoms with E-state index in [9.17, 15) is 4.79 Å². The molecular weight excluding hydrogens is 618 g/mol. The summed E-state index contributed by atoms with van der Waals surface area (Å²) in [6, 6.07) is 15.7. The molecule has 31 heavy (non-hydrogen) atoms. The lowest BCUT2D eigenvalue weighted by Crippen LogP contribution is -2.19. The standard InChI is InChI=1S/C24H24I2N2O3/c1-4-30-24(29)23(21-9-8-19(14-26)27-28-21)18-10-15(2)16(3)22(12-18)31-20-7-5-6-17(11-20)13-25/h5-12,23H,4,13-14H2,1-3H3. The SMILES string of the molecule is CCOC(=O)C(c1cc(C)c(C)c(Oc2cccc(CI)c2)c1)c1ccc(CI)nn1. The van der Waals surface area contributed by atoms with Crippen LogP contribution in [0.5, 0.6) is 11.5 Å². The van der Waals surface area contributed by atoms with E-state index in [4.69, 9.17) is 9.47 Å². The second-order valence-corrected chi connectivity index (χ2v) is 8.64. The third-order valence-corrected chi connectivity index (χ3v) is 6.61. The molecule has 7 heteroatoms. The van der Waals surface area contributed by atoms with E-state index in [1.165, 1.54) is 5.56 Å². The van der Waals surface area contributed by atoms with Crippen LogP contribution in [0, 0.1) is 13.8 Å². The lowest BCUT2D eigenvalue weighted by Gasteiger charge is -2.19. The molecule has 2 aromatic carbocycles. The van der Waals surface area contributed by atoms with Crippen LogP contribution in [0.15, 0.2) is 48.5 Å². The van der Waals surface area contributed by atoms with Crippen LogP contribution >= 0.6 is 45.2 Å². The summed E-state index contributed by atoms with van der Waals surface area (Å²) in [7, 11) is 0. The van der Waals surface area contributed by atoms with Gasteiger partial charge in [0, 0.05) is 8.86 Å². The van der Waals surface area contributed by atoms with Gasteiger partial charge in [-0.2, -0.15) is 10.2 Å². The molecule has 0 saturated heterocycles. The number of rotatable bonds is 8. The highest BCUT2D eigenvalue weighted by molar-refractivity contribution is 14.1. The predicted molar refractivity (Wildman–Crippen MR) is 138 cm³/mol. The van der Waals surface area contributed by atoms with E-state index in [-0.39, 0.29) is 5.97 Å². The number of hydrogen-bond donors (Lipinski definition) is 0. The van der Waals surface area contributed by atoms with Crippen LogP contribution in [0.1, 0.15) is 46.5 Å². The van der Waals surface area contributed by atoms with Crippen molar-refractivity contribution in [2.75, 3.05) is 6.61 Å². The highest BCUT2D eigenvalue weighted by Crippen LogP contribution is 2.34. The minimum Gasteiger partial charge on any atom is -0.465 e. The molecule has 0 amide bonds. The number of alkyl halides is 2. The van der Waals surface area contributed by atoms with E-state index < -0.39 is 5.92 Å². The number of carbonyl (C=O) groups excluding carboxylic acids is 1. The molecule has 1 unspecified atom stereocenters. The fraction of sp³-hybridized carbons (Fsp3) is 0.292. The molecule has 0 spiro atoms. The number of hydrogen-bond acceptors (Lipinski definition) is 5. The summed E-state index contributed by atoms with van der Waals surface area (Å²) < 4.78 is 13.3. The average Bonchev–Trinajstić information content (AvgIpc) is 2.78. The Morgan fingerprint density at radius 3 is 2.48 bits per heavy atom. The molecule has 0 bridgehead atoms. The summed E-state index contributed by atoms with van der Waals surface area (Å²) in [6.07, 6.45) is 0. The summed E-state index contributed by atoms with van der Waals surface area (Å²) in [6.45, 7) is 6.13. The van der Waals surface area contributed by atoms with Crippen molar-refractivity contribution in [2.24, 2.45) is 0 Å². The monoisotopic (exact) mass is 642 g/mol. The Hall–Kier alpha value is -1.75. The number of benzene rings is 2. The first-order valence-electron chi connectivity index (χ1n) is 9.95. The van der Waals surface area contributed by atoms with Gasteiger partial charge >= 0.3 is 5.97 Å². The maximum Gasteiger partial charge on any atom is 0.319 e. The highest BCUT2D eigenvalue weighted by Gasteiger charge is 2.27. The first-order valence-corrected chi connectivity index (χ1v) is 13.0. The molecular formula is C24H24I2N2O3. The maximum atomic E-state index is 12.9. The van der Waals surface area contributed by atoms with Gasteiger partial charge in [-0.1, -0.05) is 63.4 Å². The number of aryl methyl sites for hydroxylation is 1. The lowest BCUT2D eigenvalue weighted by molar-refractivity contribution is -0.143. The molecule has 1 heterocycles. The van der Waals surface area contributed by atoms with Gasteiger partial charge in [-0.05, 0) is 73.4 Å². The topological polar surface area (TPSA) is 61.3 Å².